The molecule has 1 saturated heterocycles. The first kappa shape index (κ1) is 13.4. The van der Waals surface area contributed by atoms with Crippen LogP contribution in [0.3, 0.4) is 0 Å². The molecule has 1 aliphatic rings. The summed E-state index contributed by atoms with van der Waals surface area (Å²) in [6.45, 7) is 3.80. The van der Waals surface area contributed by atoms with Crippen molar-refractivity contribution in [1.82, 2.24) is 5.32 Å². The number of imide groups is 1. The van der Waals surface area contributed by atoms with Crippen molar-refractivity contribution in [3.63, 3.8) is 0 Å². The smallest absolute Gasteiger partial charge is 0.329 e. The van der Waals surface area contributed by atoms with E-state index in [4.69, 9.17) is 4.74 Å². The minimum atomic E-state index is -0.778. The van der Waals surface area contributed by atoms with Crippen LogP contribution in [0, 0.1) is 0 Å². The van der Waals surface area contributed by atoms with Crippen LogP contribution in [0.25, 0.3) is 0 Å². The van der Waals surface area contributed by atoms with E-state index >= 15 is 0 Å². The third-order valence-electron chi connectivity index (χ3n) is 3.68. The predicted molar refractivity (Wildman–Crippen MR) is 72.3 cm³/mol. The fraction of sp³-hybridized carbons (Fsp3) is 0.429. The summed E-state index contributed by atoms with van der Waals surface area (Å²) in [5.41, 5.74) is -0.245. The molecule has 5 nitrogen and oxygen atoms in total. The van der Waals surface area contributed by atoms with Gasteiger partial charge in [0.1, 0.15) is 11.3 Å². The van der Waals surface area contributed by atoms with Crippen LogP contribution < -0.4 is 15.0 Å². The molecule has 0 bridgehead atoms. The standard InChI is InChI=1S/C14H18N2O3/c1-4-14(5-2)12(17)16(13(18)15-14)10-7-6-8-11(9-10)19-3/h6-9H,4-5H2,1-3H3,(H,15,18). The van der Waals surface area contributed by atoms with Gasteiger partial charge in [-0.05, 0) is 25.0 Å². The first-order valence-electron chi connectivity index (χ1n) is 6.38. The van der Waals surface area contributed by atoms with Crippen LogP contribution in [0.5, 0.6) is 5.75 Å². The molecule has 19 heavy (non-hydrogen) atoms. The number of anilines is 1. The Hall–Kier alpha value is -2.04. The maximum absolute atomic E-state index is 12.5. The number of hydrogen-bond acceptors (Lipinski definition) is 3. The summed E-state index contributed by atoms with van der Waals surface area (Å²) in [5.74, 6) is 0.416. The number of carbonyl (C=O) groups excluding carboxylic acids is 2. The van der Waals surface area contributed by atoms with Crippen molar-refractivity contribution >= 4 is 17.6 Å². The highest BCUT2D eigenvalue weighted by Crippen LogP contribution is 2.30. The molecular weight excluding hydrogens is 244 g/mol. The summed E-state index contributed by atoms with van der Waals surface area (Å²) in [7, 11) is 1.55. The Morgan fingerprint density at radius 2 is 1.95 bits per heavy atom. The lowest BCUT2D eigenvalue weighted by atomic mass is 9.93. The van der Waals surface area contributed by atoms with Crippen molar-refractivity contribution in [1.29, 1.82) is 0 Å². The van der Waals surface area contributed by atoms with E-state index in [1.807, 2.05) is 13.8 Å². The fourth-order valence-electron chi connectivity index (χ4n) is 2.33. The third kappa shape index (κ3) is 2.05. The fourth-order valence-corrected chi connectivity index (χ4v) is 2.33. The van der Waals surface area contributed by atoms with Gasteiger partial charge in [-0.25, -0.2) is 9.69 Å². The van der Waals surface area contributed by atoms with Crippen LogP contribution in [-0.2, 0) is 4.79 Å². The lowest BCUT2D eigenvalue weighted by molar-refractivity contribution is -0.122. The number of urea groups is 1. The number of benzene rings is 1. The Balaban J connectivity index is 2.40. The SMILES string of the molecule is CCC1(CC)NC(=O)N(c2cccc(OC)c2)C1=O. The second-order valence-corrected chi connectivity index (χ2v) is 4.56. The van der Waals surface area contributed by atoms with Crippen molar-refractivity contribution in [2.75, 3.05) is 12.0 Å². The van der Waals surface area contributed by atoms with E-state index in [0.717, 1.165) is 0 Å². The van der Waals surface area contributed by atoms with Gasteiger partial charge >= 0.3 is 6.03 Å². The van der Waals surface area contributed by atoms with Gasteiger partial charge in [0.2, 0.25) is 0 Å². The second-order valence-electron chi connectivity index (χ2n) is 4.56. The molecule has 0 radical (unpaired) electrons. The lowest BCUT2D eigenvalue weighted by Crippen LogP contribution is -2.45. The zero-order valence-electron chi connectivity index (χ0n) is 11.4. The number of methoxy groups -OCH3 is 1. The summed E-state index contributed by atoms with van der Waals surface area (Å²) < 4.78 is 5.12. The van der Waals surface area contributed by atoms with Crippen molar-refractivity contribution in [3.05, 3.63) is 24.3 Å². The van der Waals surface area contributed by atoms with E-state index < -0.39 is 5.54 Å². The summed E-state index contributed by atoms with van der Waals surface area (Å²) in [6.07, 6.45) is 1.16. The maximum Gasteiger partial charge on any atom is 0.329 e. The highest BCUT2D eigenvalue weighted by atomic mass is 16.5. The van der Waals surface area contributed by atoms with Gasteiger partial charge in [0, 0.05) is 6.07 Å². The molecule has 1 heterocycles. The Morgan fingerprint density at radius 3 is 2.47 bits per heavy atom. The van der Waals surface area contributed by atoms with Crippen molar-refractivity contribution in [2.24, 2.45) is 0 Å². The van der Waals surface area contributed by atoms with Crippen LogP contribution in [0.4, 0.5) is 10.5 Å². The summed E-state index contributed by atoms with van der Waals surface area (Å²) in [6, 6.07) is 6.56. The number of hydrogen-bond donors (Lipinski definition) is 1. The molecule has 3 amide bonds. The normalized spacial score (nSPS) is 17.5. The third-order valence-corrected chi connectivity index (χ3v) is 3.68. The molecule has 1 aromatic rings. The molecule has 0 saturated carbocycles. The number of carbonyl (C=O) groups is 2. The largest absolute Gasteiger partial charge is 0.497 e. The second kappa shape index (κ2) is 4.91. The highest BCUT2D eigenvalue weighted by Gasteiger charge is 2.49. The number of rotatable bonds is 4. The van der Waals surface area contributed by atoms with Crippen LogP contribution in [-0.4, -0.2) is 24.6 Å². The number of amides is 3. The van der Waals surface area contributed by atoms with Crippen LogP contribution in [0.15, 0.2) is 24.3 Å². The Kier molecular flexibility index (Phi) is 3.46. The molecule has 0 unspecified atom stereocenters. The average Bonchev–Trinajstić information content (AvgIpc) is 2.70. The van der Waals surface area contributed by atoms with Gasteiger partial charge in [0.25, 0.3) is 5.91 Å². The van der Waals surface area contributed by atoms with Gasteiger partial charge in [0.15, 0.2) is 0 Å². The monoisotopic (exact) mass is 262 g/mol. The van der Waals surface area contributed by atoms with Gasteiger partial charge in [-0.3, -0.25) is 4.79 Å². The number of nitrogens with zero attached hydrogens (tertiary/aromatic N) is 1. The molecule has 0 aromatic heterocycles. The minimum Gasteiger partial charge on any atom is -0.497 e. The lowest BCUT2D eigenvalue weighted by Gasteiger charge is -2.23. The predicted octanol–water partition coefficient (Wildman–Crippen LogP) is 2.31. The van der Waals surface area contributed by atoms with E-state index in [1.165, 1.54) is 4.90 Å². The quantitative estimate of drug-likeness (QED) is 0.847. The van der Waals surface area contributed by atoms with Crippen LogP contribution >= 0.6 is 0 Å². The molecule has 5 heteroatoms. The Bertz CT molecular complexity index is 509. The summed E-state index contributed by atoms with van der Waals surface area (Å²) >= 11 is 0. The van der Waals surface area contributed by atoms with E-state index in [9.17, 15) is 9.59 Å². The van der Waals surface area contributed by atoms with E-state index in [-0.39, 0.29) is 11.9 Å². The van der Waals surface area contributed by atoms with E-state index in [1.54, 1.807) is 31.4 Å². The van der Waals surface area contributed by atoms with Gasteiger partial charge < -0.3 is 10.1 Å². The first-order valence-corrected chi connectivity index (χ1v) is 6.38. The topological polar surface area (TPSA) is 58.6 Å². The molecule has 1 fully saturated rings. The molecule has 0 aliphatic carbocycles. The average molecular weight is 262 g/mol. The molecule has 0 atom stereocenters. The van der Waals surface area contributed by atoms with Crippen molar-refractivity contribution < 1.29 is 14.3 Å². The maximum atomic E-state index is 12.5. The molecule has 0 spiro atoms. The Labute approximate surface area is 112 Å². The van der Waals surface area contributed by atoms with Gasteiger partial charge in [-0.15, -0.1) is 0 Å². The highest BCUT2D eigenvalue weighted by molar-refractivity contribution is 6.23. The van der Waals surface area contributed by atoms with Crippen LogP contribution in [0.2, 0.25) is 0 Å². The summed E-state index contributed by atoms with van der Waals surface area (Å²) in [5, 5.41) is 2.80. The Morgan fingerprint density at radius 1 is 1.26 bits per heavy atom. The number of nitrogens with one attached hydrogen (secondary N) is 1. The zero-order chi connectivity index (χ0) is 14.0. The minimum absolute atomic E-state index is 0.198. The molecule has 102 valence electrons. The molecule has 1 aromatic carbocycles. The first-order chi connectivity index (χ1) is 9.07. The van der Waals surface area contributed by atoms with Crippen molar-refractivity contribution in [2.45, 2.75) is 32.2 Å². The molecule has 1 aliphatic heterocycles. The summed E-state index contributed by atoms with van der Waals surface area (Å²) in [4.78, 5) is 25.8. The number of ether oxygens (including phenoxy) is 1. The van der Waals surface area contributed by atoms with Gasteiger partial charge in [0.05, 0.1) is 12.8 Å². The van der Waals surface area contributed by atoms with E-state index in [0.29, 0.717) is 24.3 Å². The molecule has 1 N–H and O–H groups in total. The molecular formula is C14H18N2O3. The zero-order valence-corrected chi connectivity index (χ0v) is 11.4. The van der Waals surface area contributed by atoms with Gasteiger partial charge in [-0.2, -0.15) is 0 Å². The van der Waals surface area contributed by atoms with Gasteiger partial charge in [-0.1, -0.05) is 19.9 Å². The van der Waals surface area contributed by atoms with Crippen molar-refractivity contribution in [3.8, 4) is 5.75 Å². The van der Waals surface area contributed by atoms with Crippen LogP contribution in [0.1, 0.15) is 26.7 Å². The molecule has 2 rings (SSSR count). The van der Waals surface area contributed by atoms with E-state index in [2.05, 4.69) is 5.32 Å².